The predicted octanol–water partition coefficient (Wildman–Crippen LogP) is 4.17. The van der Waals surface area contributed by atoms with Crippen LogP contribution in [0.2, 0.25) is 0 Å². The second-order valence-corrected chi connectivity index (χ2v) is 7.98. The van der Waals surface area contributed by atoms with Crippen LogP contribution in [0.1, 0.15) is 29.8 Å². The van der Waals surface area contributed by atoms with E-state index in [1.165, 1.54) is 0 Å². The van der Waals surface area contributed by atoms with Crippen molar-refractivity contribution >= 4 is 16.5 Å². The van der Waals surface area contributed by atoms with Crippen LogP contribution in [-0.2, 0) is 0 Å². The molecule has 6 nitrogen and oxygen atoms in total. The molecule has 0 bridgehead atoms. The fraction of sp³-hybridized carbons (Fsp3) is 0.259. The third-order valence-electron chi connectivity index (χ3n) is 5.77. The van der Waals surface area contributed by atoms with Gasteiger partial charge in [-0.1, -0.05) is 73.3 Å². The molecule has 0 saturated heterocycles. The van der Waals surface area contributed by atoms with Crippen molar-refractivity contribution in [3.05, 3.63) is 96.1 Å². The number of methoxy groups -OCH3 is 1. The van der Waals surface area contributed by atoms with Crippen LogP contribution < -0.4 is 32.0 Å². The molecule has 2 unspecified atom stereocenters. The normalized spacial score (nSPS) is 13.5. The largest absolute Gasteiger partial charge is 0.495 e. The van der Waals surface area contributed by atoms with Crippen molar-refractivity contribution < 1.29 is 4.74 Å². The summed E-state index contributed by atoms with van der Waals surface area (Å²) in [5, 5.41) is 7.26. The highest BCUT2D eigenvalue weighted by molar-refractivity contribution is 5.97. The second-order valence-electron chi connectivity index (χ2n) is 7.98. The van der Waals surface area contributed by atoms with E-state index in [0.29, 0.717) is 6.42 Å². The van der Waals surface area contributed by atoms with Gasteiger partial charge in [-0.3, -0.25) is 0 Å². The first kappa shape index (κ1) is 24.5. The molecule has 0 aromatic heterocycles. The summed E-state index contributed by atoms with van der Waals surface area (Å²) < 4.78 is 5.65. The van der Waals surface area contributed by atoms with E-state index in [2.05, 4.69) is 41.6 Å². The van der Waals surface area contributed by atoms with E-state index >= 15 is 0 Å². The SMILES string of the molecule is C=C/C(=C\CNC)CC(N)c1ccccc1C(N)NN(C)c1c(OC)ccc2ccccc12. The molecule has 3 aromatic rings. The second kappa shape index (κ2) is 11.6. The van der Waals surface area contributed by atoms with Crippen molar-refractivity contribution in [1.82, 2.24) is 10.7 Å². The van der Waals surface area contributed by atoms with Crippen molar-refractivity contribution in [2.45, 2.75) is 18.6 Å². The number of rotatable bonds is 11. The first-order valence-electron chi connectivity index (χ1n) is 11.1. The molecule has 3 rings (SSSR count). The van der Waals surface area contributed by atoms with Crippen LogP contribution in [0.4, 0.5) is 5.69 Å². The number of ether oxygens (including phenoxy) is 1. The van der Waals surface area contributed by atoms with Gasteiger partial charge in [-0.05, 0) is 41.6 Å². The molecule has 0 radical (unpaired) electrons. The fourth-order valence-electron chi connectivity index (χ4n) is 4.07. The van der Waals surface area contributed by atoms with Crippen LogP contribution in [0.5, 0.6) is 5.75 Å². The number of fused-ring (bicyclic) bond motifs is 1. The summed E-state index contributed by atoms with van der Waals surface area (Å²) in [6.45, 7) is 4.70. The lowest BCUT2D eigenvalue weighted by molar-refractivity contribution is 0.412. The fourth-order valence-corrected chi connectivity index (χ4v) is 4.07. The lowest BCUT2D eigenvalue weighted by Crippen LogP contribution is -2.42. The zero-order valence-electron chi connectivity index (χ0n) is 19.7. The van der Waals surface area contributed by atoms with E-state index < -0.39 is 6.17 Å². The van der Waals surface area contributed by atoms with E-state index in [9.17, 15) is 0 Å². The molecule has 174 valence electrons. The van der Waals surface area contributed by atoms with Gasteiger partial charge < -0.3 is 26.5 Å². The zero-order chi connectivity index (χ0) is 23.8. The number of allylic oxidation sites excluding steroid dienone is 1. The minimum atomic E-state index is -0.464. The highest BCUT2D eigenvalue weighted by atomic mass is 16.5. The number of benzene rings is 3. The van der Waals surface area contributed by atoms with E-state index in [0.717, 1.165) is 45.5 Å². The molecular weight excluding hydrogens is 410 g/mol. The Balaban J connectivity index is 1.87. The Kier molecular flexibility index (Phi) is 8.63. The molecule has 0 aliphatic heterocycles. The van der Waals surface area contributed by atoms with Gasteiger partial charge in [0.2, 0.25) is 0 Å². The maximum absolute atomic E-state index is 6.66. The lowest BCUT2D eigenvalue weighted by atomic mass is 9.94. The molecule has 2 atom stereocenters. The summed E-state index contributed by atoms with van der Waals surface area (Å²) >= 11 is 0. The standard InChI is InChI=1S/C27H35N5O/c1-5-19(16-17-30-2)18-24(28)22-12-8-9-13-23(22)27(29)31-32(3)26-21-11-7-6-10-20(21)14-15-25(26)33-4/h5-16,24,27,30-31H,1,17-18,28-29H2,2-4H3/b19-16+. The van der Waals surface area contributed by atoms with Gasteiger partial charge in [0, 0.05) is 25.0 Å². The Morgan fingerprint density at radius 1 is 1.06 bits per heavy atom. The Hall–Kier alpha value is -3.16. The summed E-state index contributed by atoms with van der Waals surface area (Å²) in [4.78, 5) is 0. The number of anilines is 1. The minimum Gasteiger partial charge on any atom is -0.495 e. The first-order valence-corrected chi connectivity index (χ1v) is 11.1. The summed E-state index contributed by atoms with van der Waals surface area (Å²) in [7, 11) is 5.54. The van der Waals surface area contributed by atoms with Crippen molar-refractivity contribution in [2.24, 2.45) is 11.5 Å². The maximum Gasteiger partial charge on any atom is 0.144 e. The molecule has 0 aliphatic rings. The van der Waals surface area contributed by atoms with Gasteiger partial charge in [-0.15, -0.1) is 0 Å². The topological polar surface area (TPSA) is 88.6 Å². The van der Waals surface area contributed by atoms with E-state index in [4.69, 9.17) is 16.2 Å². The molecular formula is C27H35N5O. The monoisotopic (exact) mass is 445 g/mol. The molecule has 3 aromatic carbocycles. The number of hydrazine groups is 1. The lowest BCUT2D eigenvalue weighted by Gasteiger charge is -2.29. The molecule has 0 heterocycles. The highest BCUT2D eigenvalue weighted by Crippen LogP contribution is 2.35. The number of nitrogens with one attached hydrogen (secondary N) is 2. The van der Waals surface area contributed by atoms with Gasteiger partial charge in [0.05, 0.1) is 13.3 Å². The molecule has 33 heavy (non-hydrogen) atoms. The van der Waals surface area contributed by atoms with Crippen LogP contribution in [-0.4, -0.2) is 27.7 Å². The molecule has 6 heteroatoms. The quantitative estimate of drug-likeness (QED) is 0.201. The van der Waals surface area contributed by atoms with Crippen molar-refractivity contribution in [3.63, 3.8) is 0 Å². The van der Waals surface area contributed by atoms with Gasteiger partial charge >= 0.3 is 0 Å². The number of hydrogen-bond acceptors (Lipinski definition) is 6. The summed E-state index contributed by atoms with van der Waals surface area (Å²) in [5.74, 6) is 0.770. The van der Waals surface area contributed by atoms with E-state index in [-0.39, 0.29) is 6.04 Å². The summed E-state index contributed by atoms with van der Waals surface area (Å²) in [6, 6.07) is 20.1. The van der Waals surface area contributed by atoms with Gasteiger partial charge in [0.15, 0.2) is 0 Å². The Morgan fingerprint density at radius 3 is 2.45 bits per heavy atom. The van der Waals surface area contributed by atoms with Gasteiger partial charge in [-0.2, -0.15) is 0 Å². The Labute approximate surface area is 196 Å². The average molecular weight is 446 g/mol. The van der Waals surface area contributed by atoms with Crippen LogP contribution >= 0.6 is 0 Å². The van der Waals surface area contributed by atoms with Gasteiger partial charge in [0.25, 0.3) is 0 Å². The van der Waals surface area contributed by atoms with E-state index in [1.807, 2.05) is 67.6 Å². The molecule has 0 aliphatic carbocycles. The van der Waals surface area contributed by atoms with Crippen LogP contribution in [0.15, 0.2) is 85.0 Å². The summed E-state index contributed by atoms with van der Waals surface area (Å²) in [6.07, 6.45) is 4.18. The van der Waals surface area contributed by atoms with Crippen molar-refractivity contribution in [3.8, 4) is 5.75 Å². The third kappa shape index (κ3) is 5.80. The van der Waals surface area contributed by atoms with Crippen LogP contribution in [0, 0.1) is 0 Å². The zero-order valence-corrected chi connectivity index (χ0v) is 19.7. The smallest absolute Gasteiger partial charge is 0.144 e. The number of hydrogen-bond donors (Lipinski definition) is 4. The Morgan fingerprint density at radius 2 is 1.76 bits per heavy atom. The number of nitrogens with zero attached hydrogens (tertiary/aromatic N) is 1. The molecule has 0 fully saturated rings. The van der Waals surface area contributed by atoms with Crippen molar-refractivity contribution in [1.29, 1.82) is 0 Å². The van der Waals surface area contributed by atoms with Gasteiger partial charge in [-0.25, -0.2) is 5.43 Å². The van der Waals surface area contributed by atoms with Crippen LogP contribution in [0.25, 0.3) is 10.8 Å². The Bertz CT molecular complexity index is 1110. The van der Waals surface area contributed by atoms with Crippen molar-refractivity contribution in [2.75, 3.05) is 32.8 Å². The average Bonchev–Trinajstić information content (AvgIpc) is 2.85. The van der Waals surface area contributed by atoms with Gasteiger partial charge in [0.1, 0.15) is 11.4 Å². The minimum absolute atomic E-state index is 0.201. The predicted molar refractivity (Wildman–Crippen MR) is 139 cm³/mol. The summed E-state index contributed by atoms with van der Waals surface area (Å²) in [5.41, 5.74) is 20.7. The number of nitrogens with two attached hydrogens (primary N) is 2. The molecule has 0 amide bonds. The third-order valence-corrected chi connectivity index (χ3v) is 5.77. The number of likely N-dealkylation sites (N-methyl/N-ethyl adjacent to an activating group) is 1. The molecule has 6 N–H and O–H groups in total. The molecule has 0 spiro atoms. The first-order chi connectivity index (χ1) is 16.0. The van der Waals surface area contributed by atoms with Crippen LogP contribution in [0.3, 0.4) is 0 Å². The molecule has 0 saturated carbocycles. The maximum atomic E-state index is 6.66. The highest BCUT2D eigenvalue weighted by Gasteiger charge is 2.20. The van der Waals surface area contributed by atoms with E-state index in [1.54, 1.807) is 7.11 Å².